The van der Waals surface area contributed by atoms with E-state index < -0.39 is 6.23 Å². The maximum absolute atomic E-state index is 12.4. The quantitative estimate of drug-likeness (QED) is 0.838. The summed E-state index contributed by atoms with van der Waals surface area (Å²) in [5.74, 6) is 1.11. The lowest BCUT2D eigenvalue weighted by Gasteiger charge is -2.24. The molecule has 7 nitrogen and oxygen atoms in total. The van der Waals surface area contributed by atoms with Gasteiger partial charge in [0, 0.05) is 25.7 Å². The van der Waals surface area contributed by atoms with Crippen molar-refractivity contribution in [3.63, 3.8) is 0 Å². The summed E-state index contributed by atoms with van der Waals surface area (Å²) < 4.78 is 5.79. The minimum Gasteiger partial charge on any atom is -0.481 e. The van der Waals surface area contributed by atoms with Crippen LogP contribution < -0.4 is 10.1 Å². The lowest BCUT2D eigenvalue weighted by Crippen LogP contribution is -2.33. The highest BCUT2D eigenvalue weighted by molar-refractivity contribution is 5.88. The highest BCUT2D eigenvalue weighted by Crippen LogP contribution is 2.36. The molecule has 2 aliphatic rings. The predicted octanol–water partition coefficient (Wildman–Crippen LogP) is 1.45. The van der Waals surface area contributed by atoms with E-state index in [1.807, 2.05) is 53.4 Å². The van der Waals surface area contributed by atoms with Crippen molar-refractivity contribution in [2.24, 2.45) is 4.99 Å². The van der Waals surface area contributed by atoms with Crippen molar-refractivity contribution in [2.75, 3.05) is 20.2 Å². The van der Waals surface area contributed by atoms with Crippen LogP contribution in [0.4, 0.5) is 5.69 Å². The van der Waals surface area contributed by atoms with Gasteiger partial charge in [0.25, 0.3) is 5.91 Å². The molecule has 2 heterocycles. The van der Waals surface area contributed by atoms with Crippen LogP contribution in [0.5, 0.6) is 5.75 Å². The van der Waals surface area contributed by atoms with Crippen molar-refractivity contribution in [1.29, 1.82) is 0 Å². The number of carbonyl (C=O) groups is 1. The van der Waals surface area contributed by atoms with Crippen molar-refractivity contribution in [3.05, 3.63) is 59.7 Å². The Kier molecular flexibility index (Phi) is 4.68. The van der Waals surface area contributed by atoms with Gasteiger partial charge in [0.05, 0.1) is 6.54 Å². The molecule has 0 spiro atoms. The molecule has 1 fully saturated rings. The number of rotatable bonds is 5. The van der Waals surface area contributed by atoms with E-state index in [4.69, 9.17) is 4.74 Å². The number of aliphatic imine (C=N–C) groups is 1. The Balaban J connectivity index is 1.43. The zero-order valence-corrected chi connectivity index (χ0v) is 15.1. The zero-order chi connectivity index (χ0) is 18.8. The SMILES string of the molecule is CN(Cc1ccccc1)C(=O)COc1cccc2c1N=C1NC(O)CN1C2. The van der Waals surface area contributed by atoms with E-state index in [1.54, 1.807) is 11.9 Å². The number of para-hydroxylation sites is 1. The van der Waals surface area contributed by atoms with Crippen LogP contribution in [0, 0.1) is 0 Å². The third kappa shape index (κ3) is 3.73. The average Bonchev–Trinajstić information content (AvgIpc) is 3.03. The Labute approximate surface area is 157 Å². The highest BCUT2D eigenvalue weighted by atomic mass is 16.5. The summed E-state index contributed by atoms with van der Waals surface area (Å²) in [6, 6.07) is 15.5. The Morgan fingerprint density at radius 2 is 2.11 bits per heavy atom. The number of nitrogens with zero attached hydrogens (tertiary/aromatic N) is 3. The second kappa shape index (κ2) is 7.28. The lowest BCUT2D eigenvalue weighted by atomic mass is 10.1. The number of carbonyl (C=O) groups excluding carboxylic acids is 1. The van der Waals surface area contributed by atoms with Gasteiger partial charge in [0.2, 0.25) is 5.96 Å². The van der Waals surface area contributed by atoms with Crippen LogP contribution >= 0.6 is 0 Å². The smallest absolute Gasteiger partial charge is 0.260 e. The van der Waals surface area contributed by atoms with Gasteiger partial charge in [-0.15, -0.1) is 0 Å². The minimum atomic E-state index is -0.615. The molecule has 0 radical (unpaired) electrons. The van der Waals surface area contributed by atoms with Crippen LogP contribution in [0.3, 0.4) is 0 Å². The van der Waals surface area contributed by atoms with E-state index in [2.05, 4.69) is 10.3 Å². The summed E-state index contributed by atoms with van der Waals surface area (Å²) in [7, 11) is 1.76. The van der Waals surface area contributed by atoms with Gasteiger partial charge in [-0.2, -0.15) is 0 Å². The first-order chi connectivity index (χ1) is 13.1. The van der Waals surface area contributed by atoms with E-state index in [-0.39, 0.29) is 12.5 Å². The van der Waals surface area contributed by atoms with Gasteiger partial charge in [-0.1, -0.05) is 42.5 Å². The first-order valence-electron chi connectivity index (χ1n) is 8.91. The monoisotopic (exact) mass is 366 g/mol. The van der Waals surface area contributed by atoms with Crippen molar-refractivity contribution < 1.29 is 14.6 Å². The van der Waals surface area contributed by atoms with Crippen molar-refractivity contribution >= 4 is 17.6 Å². The summed E-state index contributed by atoms with van der Waals surface area (Å²) in [4.78, 5) is 20.6. The zero-order valence-electron chi connectivity index (χ0n) is 15.1. The minimum absolute atomic E-state index is 0.0512. The molecular formula is C20H22N4O3. The number of amides is 1. The fraction of sp³-hybridized carbons (Fsp3) is 0.300. The van der Waals surface area contributed by atoms with Gasteiger partial charge < -0.3 is 25.0 Å². The highest BCUT2D eigenvalue weighted by Gasteiger charge is 2.30. The first kappa shape index (κ1) is 17.4. The van der Waals surface area contributed by atoms with Crippen LogP contribution in [0.15, 0.2) is 53.5 Å². The fourth-order valence-electron chi connectivity index (χ4n) is 3.27. The van der Waals surface area contributed by atoms with Crippen molar-refractivity contribution in [1.82, 2.24) is 15.1 Å². The molecule has 0 bridgehead atoms. The van der Waals surface area contributed by atoms with Crippen molar-refractivity contribution in [2.45, 2.75) is 19.3 Å². The normalized spacial score (nSPS) is 17.5. The molecular weight excluding hydrogens is 344 g/mol. The van der Waals surface area contributed by atoms with Crippen LogP contribution in [0.2, 0.25) is 0 Å². The summed E-state index contributed by atoms with van der Waals surface area (Å²) in [5.41, 5.74) is 2.80. The maximum Gasteiger partial charge on any atom is 0.260 e. The van der Waals surface area contributed by atoms with Gasteiger partial charge in [-0.25, -0.2) is 4.99 Å². The molecule has 27 heavy (non-hydrogen) atoms. The Morgan fingerprint density at radius 3 is 2.93 bits per heavy atom. The van der Waals surface area contributed by atoms with Gasteiger partial charge in [-0.3, -0.25) is 4.79 Å². The standard InChI is InChI=1S/C20H22N4O3/c1-23(10-14-6-3-2-4-7-14)18(26)13-27-16-9-5-8-15-11-24-12-17(25)21-20(24)22-19(15)16/h2-9,17,25H,10-13H2,1H3,(H,21,22). The first-order valence-corrected chi connectivity index (χ1v) is 8.91. The number of aliphatic hydroxyl groups is 1. The lowest BCUT2D eigenvalue weighted by molar-refractivity contribution is -0.132. The summed E-state index contributed by atoms with van der Waals surface area (Å²) in [6.45, 7) is 1.64. The Morgan fingerprint density at radius 1 is 1.30 bits per heavy atom. The summed E-state index contributed by atoms with van der Waals surface area (Å²) in [5, 5.41) is 12.7. The molecule has 1 amide bonds. The fourth-order valence-corrected chi connectivity index (χ4v) is 3.27. The predicted molar refractivity (Wildman–Crippen MR) is 102 cm³/mol. The van der Waals surface area contributed by atoms with Crippen LogP contribution in [-0.2, 0) is 17.9 Å². The molecule has 140 valence electrons. The third-order valence-corrected chi connectivity index (χ3v) is 4.69. The number of hydrogen-bond donors (Lipinski definition) is 2. The molecule has 1 saturated heterocycles. The largest absolute Gasteiger partial charge is 0.481 e. The average molecular weight is 366 g/mol. The van der Waals surface area contributed by atoms with Gasteiger partial charge in [-0.05, 0) is 11.6 Å². The van der Waals surface area contributed by atoms with E-state index in [9.17, 15) is 9.90 Å². The molecule has 2 aromatic carbocycles. The van der Waals surface area contributed by atoms with Crippen molar-refractivity contribution in [3.8, 4) is 5.75 Å². The topological polar surface area (TPSA) is 77.4 Å². The van der Waals surface area contributed by atoms with E-state index in [0.717, 1.165) is 11.1 Å². The number of guanidine groups is 1. The molecule has 7 heteroatoms. The van der Waals surface area contributed by atoms with Gasteiger partial charge in [0.15, 0.2) is 6.61 Å². The molecule has 4 rings (SSSR count). The number of hydrogen-bond acceptors (Lipinski definition) is 6. The molecule has 2 aliphatic heterocycles. The Bertz CT molecular complexity index is 869. The molecule has 2 aromatic rings. The van der Waals surface area contributed by atoms with E-state index in [0.29, 0.717) is 37.0 Å². The number of fused-ring (bicyclic) bond motifs is 2. The van der Waals surface area contributed by atoms with Crippen LogP contribution in [-0.4, -0.2) is 53.2 Å². The number of nitrogens with one attached hydrogen (secondary N) is 1. The molecule has 0 saturated carbocycles. The molecule has 1 atom stereocenters. The Hall–Kier alpha value is -3.06. The van der Waals surface area contributed by atoms with Crippen LogP contribution in [0.25, 0.3) is 0 Å². The second-order valence-corrected chi connectivity index (χ2v) is 6.76. The number of ether oxygens (including phenoxy) is 1. The van der Waals surface area contributed by atoms with Gasteiger partial charge >= 0.3 is 0 Å². The van der Waals surface area contributed by atoms with Crippen LogP contribution in [0.1, 0.15) is 11.1 Å². The molecule has 2 N–H and O–H groups in total. The van der Waals surface area contributed by atoms with Gasteiger partial charge in [0.1, 0.15) is 17.7 Å². The number of likely N-dealkylation sites (N-methyl/N-ethyl adjacent to an activating group) is 1. The molecule has 0 aromatic heterocycles. The molecule has 0 aliphatic carbocycles. The van der Waals surface area contributed by atoms with E-state index >= 15 is 0 Å². The number of benzene rings is 2. The second-order valence-electron chi connectivity index (χ2n) is 6.76. The van der Waals surface area contributed by atoms with E-state index in [1.165, 1.54) is 0 Å². The summed E-state index contributed by atoms with van der Waals surface area (Å²) >= 11 is 0. The summed E-state index contributed by atoms with van der Waals surface area (Å²) in [6.07, 6.45) is -0.615. The molecule has 1 unspecified atom stereocenters. The maximum atomic E-state index is 12.4. The number of aliphatic hydroxyl groups excluding tert-OH is 1. The third-order valence-electron chi connectivity index (χ3n) is 4.69.